The number of pyridine rings is 1. The van der Waals surface area contributed by atoms with E-state index in [1.54, 1.807) is 6.07 Å². The van der Waals surface area contributed by atoms with E-state index in [1.807, 2.05) is 0 Å². The van der Waals surface area contributed by atoms with Gasteiger partial charge >= 0.3 is 0 Å². The van der Waals surface area contributed by atoms with E-state index >= 15 is 0 Å². The molecule has 0 aromatic carbocycles. The molecule has 0 saturated carbocycles. The third kappa shape index (κ3) is 1.99. The first-order valence-corrected chi connectivity index (χ1v) is 4.75. The third-order valence-corrected chi connectivity index (χ3v) is 2.24. The summed E-state index contributed by atoms with van der Waals surface area (Å²) in [5, 5.41) is 8.86. The van der Waals surface area contributed by atoms with Crippen LogP contribution in [-0.4, -0.2) is 4.98 Å². The van der Waals surface area contributed by atoms with Crippen LogP contribution < -0.4 is 5.73 Å². The Bertz CT molecular complexity index is 387. The number of nitrogen functional groups attached to an aromatic ring is 1. The molecule has 0 amide bonds. The molecule has 74 valence electrons. The number of aromatic nitrogens is 1. The van der Waals surface area contributed by atoms with Crippen LogP contribution in [-0.2, 0) is 5.33 Å². The summed E-state index contributed by atoms with van der Waals surface area (Å²) in [6.07, 6.45) is -2.76. The number of alkyl halides is 3. The van der Waals surface area contributed by atoms with Crippen LogP contribution in [0.25, 0.3) is 0 Å². The van der Waals surface area contributed by atoms with Gasteiger partial charge in [-0.25, -0.2) is 13.8 Å². The second-order valence-corrected chi connectivity index (χ2v) is 3.07. The van der Waals surface area contributed by atoms with E-state index < -0.39 is 12.1 Å². The molecular weight excluding hydrogens is 256 g/mol. The number of nitrogens with two attached hydrogens (primary N) is 1. The Balaban J connectivity index is 3.36. The molecule has 2 N–H and O–H groups in total. The number of hydrogen-bond donors (Lipinski definition) is 1. The molecule has 0 unspecified atom stereocenters. The van der Waals surface area contributed by atoms with Gasteiger partial charge in [-0.15, -0.1) is 0 Å². The van der Waals surface area contributed by atoms with E-state index in [0.29, 0.717) is 10.9 Å². The van der Waals surface area contributed by atoms with Crippen molar-refractivity contribution < 1.29 is 8.78 Å². The lowest BCUT2D eigenvalue weighted by molar-refractivity contribution is 0.147. The fraction of sp³-hybridized carbons (Fsp3) is 0.250. The summed E-state index contributed by atoms with van der Waals surface area (Å²) < 4.78 is 24.8. The molecule has 6 heteroatoms. The molecule has 0 saturated heterocycles. The van der Waals surface area contributed by atoms with Crippen LogP contribution in [0.3, 0.4) is 0 Å². The zero-order valence-corrected chi connectivity index (χ0v) is 8.55. The van der Waals surface area contributed by atoms with Crippen molar-refractivity contribution in [3.63, 3.8) is 0 Å². The normalized spacial score (nSPS) is 10.2. The monoisotopic (exact) mass is 261 g/mol. The Hall–Kier alpha value is -1.22. The summed E-state index contributed by atoms with van der Waals surface area (Å²) in [6.45, 7) is 0. The maximum Gasteiger partial charge on any atom is 0.282 e. The Morgan fingerprint density at radius 3 is 2.71 bits per heavy atom. The van der Waals surface area contributed by atoms with Crippen molar-refractivity contribution in [3.8, 4) is 6.07 Å². The minimum absolute atomic E-state index is 0.0519. The van der Waals surface area contributed by atoms with Crippen molar-refractivity contribution in [3.05, 3.63) is 23.0 Å². The molecule has 1 heterocycles. The quantitative estimate of drug-likeness (QED) is 0.832. The summed E-state index contributed by atoms with van der Waals surface area (Å²) in [5.41, 5.74) is 5.25. The van der Waals surface area contributed by atoms with E-state index in [0.717, 1.165) is 0 Å². The molecule has 0 spiro atoms. The Labute approximate surface area is 87.7 Å². The van der Waals surface area contributed by atoms with Crippen molar-refractivity contribution in [2.75, 3.05) is 5.73 Å². The summed E-state index contributed by atoms with van der Waals surface area (Å²) in [4.78, 5) is 3.44. The van der Waals surface area contributed by atoms with Crippen LogP contribution in [0, 0.1) is 11.3 Å². The molecule has 0 aliphatic carbocycles. The molecule has 1 aromatic heterocycles. The highest BCUT2D eigenvalue weighted by Crippen LogP contribution is 2.27. The van der Waals surface area contributed by atoms with Crippen LogP contribution in [0.2, 0.25) is 0 Å². The van der Waals surface area contributed by atoms with Gasteiger partial charge in [-0.2, -0.15) is 5.26 Å². The van der Waals surface area contributed by atoms with Gasteiger partial charge in [0.15, 0.2) is 0 Å². The van der Waals surface area contributed by atoms with Gasteiger partial charge in [-0.1, -0.05) is 15.9 Å². The largest absolute Gasteiger partial charge is 0.397 e. The lowest BCUT2D eigenvalue weighted by atomic mass is 10.1. The van der Waals surface area contributed by atoms with Crippen molar-refractivity contribution in [2.24, 2.45) is 0 Å². The van der Waals surface area contributed by atoms with E-state index in [4.69, 9.17) is 11.0 Å². The average molecular weight is 262 g/mol. The molecule has 0 aliphatic rings. The molecular formula is C8H6BrF2N3. The number of nitrogens with zero attached hydrogens (tertiary/aromatic N) is 2. The SMILES string of the molecule is N#Cc1cc(CBr)c(N)c(C(F)F)n1. The molecule has 0 aliphatic heterocycles. The van der Waals surface area contributed by atoms with Gasteiger partial charge < -0.3 is 5.73 Å². The first-order valence-electron chi connectivity index (χ1n) is 3.63. The van der Waals surface area contributed by atoms with E-state index in [2.05, 4.69) is 20.9 Å². The maximum absolute atomic E-state index is 12.4. The van der Waals surface area contributed by atoms with Crippen LogP contribution in [0.5, 0.6) is 0 Å². The Morgan fingerprint density at radius 2 is 2.29 bits per heavy atom. The van der Waals surface area contributed by atoms with Crippen molar-refractivity contribution in [1.82, 2.24) is 4.98 Å². The lowest BCUT2D eigenvalue weighted by Gasteiger charge is -2.07. The molecule has 1 aromatic rings. The van der Waals surface area contributed by atoms with Crippen LogP contribution in [0.1, 0.15) is 23.4 Å². The highest BCUT2D eigenvalue weighted by atomic mass is 79.9. The van der Waals surface area contributed by atoms with Crippen molar-refractivity contribution >= 4 is 21.6 Å². The van der Waals surface area contributed by atoms with E-state index in [1.165, 1.54) is 6.07 Å². The van der Waals surface area contributed by atoms with Gasteiger partial charge in [0, 0.05) is 5.33 Å². The number of rotatable bonds is 2. The lowest BCUT2D eigenvalue weighted by Crippen LogP contribution is -2.04. The first kappa shape index (κ1) is 10.9. The summed E-state index contributed by atoms with van der Waals surface area (Å²) in [5.74, 6) is 0. The minimum Gasteiger partial charge on any atom is -0.397 e. The third-order valence-electron chi connectivity index (χ3n) is 1.64. The molecule has 0 fully saturated rings. The molecule has 3 nitrogen and oxygen atoms in total. The second-order valence-electron chi connectivity index (χ2n) is 2.51. The number of anilines is 1. The number of nitriles is 1. The molecule has 14 heavy (non-hydrogen) atoms. The standard InChI is InChI=1S/C8H6BrF2N3/c9-2-4-1-5(3-12)14-7(6(4)13)8(10)11/h1,8H,2,13H2. The zero-order chi connectivity index (χ0) is 10.7. The van der Waals surface area contributed by atoms with Gasteiger partial charge in [0.2, 0.25) is 0 Å². The highest BCUT2D eigenvalue weighted by molar-refractivity contribution is 9.08. The number of halogens is 3. The summed E-state index contributed by atoms with van der Waals surface area (Å²) in [7, 11) is 0. The zero-order valence-electron chi connectivity index (χ0n) is 6.97. The van der Waals surface area contributed by atoms with Gasteiger partial charge in [-0.3, -0.25) is 0 Å². The van der Waals surface area contributed by atoms with Crippen LogP contribution in [0.15, 0.2) is 6.07 Å². The fourth-order valence-corrected chi connectivity index (χ4v) is 1.43. The molecule has 0 atom stereocenters. The Morgan fingerprint density at radius 1 is 1.64 bits per heavy atom. The number of hydrogen-bond acceptors (Lipinski definition) is 3. The van der Waals surface area contributed by atoms with Crippen molar-refractivity contribution in [2.45, 2.75) is 11.8 Å². The molecule has 0 bridgehead atoms. The summed E-state index contributed by atoms with van der Waals surface area (Å²) in [6, 6.07) is 3.09. The smallest absolute Gasteiger partial charge is 0.282 e. The Kier molecular flexibility index (Phi) is 3.36. The van der Waals surface area contributed by atoms with E-state index in [-0.39, 0.29) is 11.4 Å². The second kappa shape index (κ2) is 4.33. The van der Waals surface area contributed by atoms with E-state index in [9.17, 15) is 8.78 Å². The van der Waals surface area contributed by atoms with Crippen LogP contribution in [0.4, 0.5) is 14.5 Å². The predicted molar refractivity (Wildman–Crippen MR) is 51.0 cm³/mol. The van der Waals surface area contributed by atoms with Gasteiger partial charge in [0.1, 0.15) is 17.5 Å². The minimum atomic E-state index is -2.76. The fourth-order valence-electron chi connectivity index (χ4n) is 0.964. The molecule has 0 radical (unpaired) electrons. The van der Waals surface area contributed by atoms with Gasteiger partial charge in [-0.05, 0) is 11.6 Å². The van der Waals surface area contributed by atoms with Crippen molar-refractivity contribution in [1.29, 1.82) is 5.26 Å². The molecule has 1 rings (SSSR count). The van der Waals surface area contributed by atoms with Gasteiger partial charge in [0.25, 0.3) is 6.43 Å². The topological polar surface area (TPSA) is 62.7 Å². The predicted octanol–water partition coefficient (Wildman–Crippen LogP) is 2.37. The highest BCUT2D eigenvalue weighted by Gasteiger charge is 2.17. The van der Waals surface area contributed by atoms with Gasteiger partial charge in [0.05, 0.1) is 5.69 Å². The average Bonchev–Trinajstić information content (AvgIpc) is 2.17. The maximum atomic E-state index is 12.4. The first-order chi connectivity index (χ1) is 6.60. The van der Waals surface area contributed by atoms with Crippen LogP contribution >= 0.6 is 15.9 Å². The summed E-state index contributed by atoms with van der Waals surface area (Å²) >= 11 is 3.09.